The van der Waals surface area contributed by atoms with Crippen LogP contribution in [0.15, 0.2) is 60.7 Å². The lowest BCUT2D eigenvalue weighted by Crippen LogP contribution is -2.19. The molecule has 0 spiro atoms. The highest BCUT2D eigenvalue weighted by molar-refractivity contribution is 7.19. The van der Waals surface area contributed by atoms with Gasteiger partial charge in [-0.15, -0.1) is 9.24 Å². The minimum absolute atomic E-state index is 0.0533. The van der Waals surface area contributed by atoms with Crippen LogP contribution in [0.25, 0.3) is 0 Å². The smallest absolute Gasteiger partial charge is 0.0344 e. The molecule has 0 aliphatic rings. The second-order valence-electron chi connectivity index (χ2n) is 5.16. The molecule has 2 aromatic rings. The Morgan fingerprint density at radius 3 is 1.68 bits per heavy atom. The van der Waals surface area contributed by atoms with Gasteiger partial charge in [0, 0.05) is 5.16 Å². The first kappa shape index (κ1) is 14.3. The third-order valence-electron chi connectivity index (χ3n) is 3.75. The number of rotatable bonds is 6. The molecule has 0 heterocycles. The topological polar surface area (TPSA) is 0 Å². The van der Waals surface area contributed by atoms with E-state index in [1.807, 2.05) is 0 Å². The SMILES string of the molecule is CCCCCC(P)(c1ccccc1)c1ccccc1. The third-order valence-corrected chi connectivity index (χ3v) is 4.71. The normalized spacial score (nSPS) is 11.5. The zero-order valence-corrected chi connectivity index (χ0v) is 12.8. The number of unbranched alkanes of at least 4 members (excludes halogenated alkanes) is 2. The van der Waals surface area contributed by atoms with Crippen LogP contribution in [-0.4, -0.2) is 0 Å². The first-order chi connectivity index (χ1) is 9.27. The van der Waals surface area contributed by atoms with Crippen molar-refractivity contribution in [3.8, 4) is 0 Å². The lowest BCUT2D eigenvalue weighted by molar-refractivity contribution is 0.584. The molecule has 1 atom stereocenters. The van der Waals surface area contributed by atoms with Crippen molar-refractivity contribution in [3.63, 3.8) is 0 Å². The van der Waals surface area contributed by atoms with E-state index in [-0.39, 0.29) is 5.16 Å². The maximum absolute atomic E-state index is 3.12. The van der Waals surface area contributed by atoms with Crippen LogP contribution < -0.4 is 0 Å². The summed E-state index contributed by atoms with van der Waals surface area (Å²) in [5.74, 6) is 0. The van der Waals surface area contributed by atoms with Crippen LogP contribution in [0.1, 0.15) is 43.7 Å². The molecular weight excluding hydrogens is 247 g/mol. The van der Waals surface area contributed by atoms with Crippen LogP contribution in [0.4, 0.5) is 0 Å². The first-order valence-corrected chi connectivity index (χ1v) is 7.75. The van der Waals surface area contributed by atoms with Crippen LogP contribution in [0.5, 0.6) is 0 Å². The van der Waals surface area contributed by atoms with Gasteiger partial charge < -0.3 is 0 Å². The van der Waals surface area contributed by atoms with Gasteiger partial charge in [-0.05, 0) is 17.5 Å². The second kappa shape index (κ2) is 6.87. The van der Waals surface area contributed by atoms with Gasteiger partial charge in [-0.25, -0.2) is 0 Å². The molecule has 0 saturated heterocycles. The van der Waals surface area contributed by atoms with Gasteiger partial charge >= 0.3 is 0 Å². The van der Waals surface area contributed by atoms with E-state index in [0.717, 1.165) is 0 Å². The first-order valence-electron chi connectivity index (χ1n) is 7.17. The van der Waals surface area contributed by atoms with E-state index in [1.165, 1.54) is 36.8 Å². The zero-order chi connectivity index (χ0) is 13.6. The Bertz CT molecular complexity index is 436. The summed E-state index contributed by atoms with van der Waals surface area (Å²) in [4.78, 5) is 0. The van der Waals surface area contributed by atoms with Crippen molar-refractivity contribution in [1.82, 2.24) is 0 Å². The van der Waals surface area contributed by atoms with Gasteiger partial charge in [-0.2, -0.15) is 0 Å². The largest absolute Gasteiger partial charge is 0.122 e. The summed E-state index contributed by atoms with van der Waals surface area (Å²) in [5, 5.41) is 0.0533. The Kier molecular flexibility index (Phi) is 5.16. The van der Waals surface area contributed by atoms with E-state index in [4.69, 9.17) is 0 Å². The molecule has 0 aliphatic heterocycles. The third kappa shape index (κ3) is 3.45. The predicted octanol–water partition coefficient (Wildman–Crippen LogP) is 5.39. The highest BCUT2D eigenvalue weighted by atomic mass is 31.0. The maximum Gasteiger partial charge on any atom is 0.0344 e. The molecule has 0 aliphatic carbocycles. The molecule has 2 aromatic carbocycles. The highest BCUT2D eigenvalue weighted by Crippen LogP contribution is 2.43. The molecule has 0 nitrogen and oxygen atoms in total. The van der Waals surface area contributed by atoms with E-state index in [0.29, 0.717) is 0 Å². The molecule has 0 radical (unpaired) electrons. The molecule has 0 amide bonds. The Balaban J connectivity index is 2.33. The molecule has 0 aromatic heterocycles. The number of hydrogen-bond donors (Lipinski definition) is 0. The molecule has 0 fully saturated rings. The fourth-order valence-corrected chi connectivity index (χ4v) is 3.17. The predicted molar refractivity (Wildman–Crippen MR) is 87.5 cm³/mol. The Morgan fingerprint density at radius 1 is 0.789 bits per heavy atom. The van der Waals surface area contributed by atoms with Gasteiger partial charge in [-0.3, -0.25) is 0 Å². The van der Waals surface area contributed by atoms with Crippen molar-refractivity contribution < 1.29 is 0 Å². The van der Waals surface area contributed by atoms with Crippen molar-refractivity contribution in [2.24, 2.45) is 0 Å². The fourth-order valence-electron chi connectivity index (χ4n) is 2.58. The summed E-state index contributed by atoms with van der Waals surface area (Å²) in [6, 6.07) is 21.7. The summed E-state index contributed by atoms with van der Waals surface area (Å²) >= 11 is 0. The number of hydrogen-bond acceptors (Lipinski definition) is 0. The quantitative estimate of drug-likeness (QED) is 0.488. The summed E-state index contributed by atoms with van der Waals surface area (Å²) < 4.78 is 0. The molecule has 0 bridgehead atoms. The van der Waals surface area contributed by atoms with Crippen molar-refractivity contribution in [2.75, 3.05) is 0 Å². The minimum atomic E-state index is 0.0533. The molecule has 19 heavy (non-hydrogen) atoms. The molecule has 1 unspecified atom stereocenters. The van der Waals surface area contributed by atoms with E-state index in [9.17, 15) is 0 Å². The highest BCUT2D eigenvalue weighted by Gasteiger charge is 2.28. The maximum atomic E-state index is 3.12. The summed E-state index contributed by atoms with van der Waals surface area (Å²) in [6.45, 7) is 2.26. The number of benzene rings is 2. The standard InChI is InChI=1S/C18H23P/c1-2-3-10-15-18(19,16-11-6-4-7-12-16)17-13-8-5-9-14-17/h4-9,11-14H,2-3,10,15,19H2,1H3. The van der Waals surface area contributed by atoms with Crippen LogP contribution in [-0.2, 0) is 5.16 Å². The van der Waals surface area contributed by atoms with Gasteiger partial charge in [-0.1, -0.05) is 86.8 Å². The van der Waals surface area contributed by atoms with Crippen molar-refractivity contribution in [3.05, 3.63) is 71.8 Å². The molecule has 100 valence electrons. The lowest BCUT2D eigenvalue weighted by atomic mass is 9.85. The van der Waals surface area contributed by atoms with Crippen LogP contribution in [0, 0.1) is 0 Å². The zero-order valence-electron chi connectivity index (χ0n) is 11.7. The lowest BCUT2D eigenvalue weighted by Gasteiger charge is -2.31. The fraction of sp³-hybridized carbons (Fsp3) is 0.333. The molecular formula is C18H23P. The van der Waals surface area contributed by atoms with Gasteiger partial charge in [0.1, 0.15) is 0 Å². The average molecular weight is 270 g/mol. The molecule has 0 saturated carbocycles. The van der Waals surface area contributed by atoms with Crippen molar-refractivity contribution in [1.29, 1.82) is 0 Å². The van der Waals surface area contributed by atoms with E-state index in [1.54, 1.807) is 0 Å². The average Bonchev–Trinajstić information content (AvgIpc) is 2.49. The van der Waals surface area contributed by atoms with Crippen LogP contribution in [0.2, 0.25) is 0 Å². The van der Waals surface area contributed by atoms with E-state index >= 15 is 0 Å². The van der Waals surface area contributed by atoms with Gasteiger partial charge in [0.2, 0.25) is 0 Å². The van der Waals surface area contributed by atoms with Crippen LogP contribution in [0.3, 0.4) is 0 Å². The second-order valence-corrected chi connectivity index (χ2v) is 6.15. The van der Waals surface area contributed by atoms with Crippen LogP contribution >= 0.6 is 9.24 Å². The van der Waals surface area contributed by atoms with Crippen molar-refractivity contribution in [2.45, 2.75) is 37.8 Å². The summed E-state index contributed by atoms with van der Waals surface area (Å²) in [7, 11) is 3.12. The Labute approximate surface area is 119 Å². The van der Waals surface area contributed by atoms with E-state index in [2.05, 4.69) is 76.8 Å². The van der Waals surface area contributed by atoms with Gasteiger partial charge in [0.15, 0.2) is 0 Å². The Hall–Kier alpha value is -1.13. The van der Waals surface area contributed by atoms with Crippen molar-refractivity contribution >= 4 is 9.24 Å². The Morgan fingerprint density at radius 2 is 1.26 bits per heavy atom. The summed E-state index contributed by atoms with van der Waals surface area (Å²) in [6.07, 6.45) is 5.02. The van der Waals surface area contributed by atoms with E-state index < -0.39 is 0 Å². The monoisotopic (exact) mass is 270 g/mol. The molecule has 1 heteroatoms. The van der Waals surface area contributed by atoms with Gasteiger partial charge in [0.05, 0.1) is 0 Å². The minimum Gasteiger partial charge on any atom is -0.122 e. The van der Waals surface area contributed by atoms with Gasteiger partial charge in [0.25, 0.3) is 0 Å². The summed E-state index contributed by atoms with van der Waals surface area (Å²) in [5.41, 5.74) is 2.78. The molecule has 0 N–H and O–H groups in total. The molecule has 2 rings (SSSR count).